The lowest BCUT2D eigenvalue weighted by Crippen LogP contribution is -2.29. The number of carbonyl (C=O) groups is 1. The van der Waals surface area contributed by atoms with Crippen LogP contribution in [-0.4, -0.2) is 33.8 Å². The van der Waals surface area contributed by atoms with Crippen molar-refractivity contribution in [1.29, 1.82) is 0 Å². The van der Waals surface area contributed by atoms with Gasteiger partial charge in [0, 0.05) is 11.7 Å². The first kappa shape index (κ1) is 21.3. The van der Waals surface area contributed by atoms with E-state index >= 15 is 0 Å². The van der Waals surface area contributed by atoms with Crippen molar-refractivity contribution in [3.63, 3.8) is 0 Å². The van der Waals surface area contributed by atoms with Crippen molar-refractivity contribution in [2.45, 2.75) is 29.3 Å². The number of carbonyl (C=O) groups excluding carboxylic acids is 1. The number of nitrogens with one attached hydrogen (secondary N) is 1. The smallest absolute Gasteiger partial charge is 0.238 e. The summed E-state index contributed by atoms with van der Waals surface area (Å²) in [7, 11) is 1.64. The number of hydrogen-bond acceptors (Lipinski definition) is 5. The van der Waals surface area contributed by atoms with Gasteiger partial charge >= 0.3 is 0 Å². The molecule has 1 aliphatic rings. The van der Waals surface area contributed by atoms with Gasteiger partial charge in [-0.15, -0.1) is 10.2 Å². The first-order valence-electron chi connectivity index (χ1n) is 10.9. The van der Waals surface area contributed by atoms with Gasteiger partial charge in [-0.2, -0.15) is 0 Å². The number of amides is 1. The Morgan fingerprint density at radius 2 is 1.64 bits per heavy atom. The predicted molar refractivity (Wildman–Crippen MR) is 130 cm³/mol. The highest BCUT2D eigenvalue weighted by Gasteiger charge is 2.31. The molecule has 1 fully saturated rings. The van der Waals surface area contributed by atoms with Gasteiger partial charge in [0.25, 0.3) is 0 Å². The average Bonchev–Trinajstić information content (AvgIpc) is 3.59. The molecule has 0 spiro atoms. The highest BCUT2D eigenvalue weighted by Crippen LogP contribution is 2.39. The fourth-order valence-electron chi connectivity index (χ4n) is 3.67. The number of benzene rings is 3. The summed E-state index contributed by atoms with van der Waals surface area (Å²) >= 11 is 1.41. The lowest BCUT2D eigenvalue weighted by atomic mass is 10.1. The number of para-hydroxylation sites is 2. The lowest BCUT2D eigenvalue weighted by molar-refractivity contribution is -0.120. The second-order valence-corrected chi connectivity index (χ2v) is 8.94. The molecule has 6 nitrogen and oxygen atoms in total. The molecule has 5 rings (SSSR count). The van der Waals surface area contributed by atoms with Crippen molar-refractivity contribution < 1.29 is 9.53 Å². The van der Waals surface area contributed by atoms with Crippen molar-refractivity contribution >= 4 is 17.7 Å². The Morgan fingerprint density at radius 1 is 0.970 bits per heavy atom. The second kappa shape index (κ2) is 9.50. The van der Waals surface area contributed by atoms with Crippen LogP contribution >= 0.6 is 11.8 Å². The minimum absolute atomic E-state index is 0.00449. The maximum atomic E-state index is 13.2. The SMILES string of the molecule is COc1ccccc1-c1nnc(SC(C(=O)NC2CC2)c2ccccc2)n1-c1ccccc1. The van der Waals surface area contributed by atoms with E-state index in [-0.39, 0.29) is 11.9 Å². The zero-order valence-electron chi connectivity index (χ0n) is 18.2. The molecule has 166 valence electrons. The highest BCUT2D eigenvalue weighted by atomic mass is 32.2. The summed E-state index contributed by atoms with van der Waals surface area (Å²) in [4.78, 5) is 13.2. The van der Waals surface area contributed by atoms with Crippen LogP contribution in [0.5, 0.6) is 5.75 Å². The maximum absolute atomic E-state index is 13.2. The molecule has 1 aromatic heterocycles. The largest absolute Gasteiger partial charge is 0.496 e. The minimum Gasteiger partial charge on any atom is -0.496 e. The van der Waals surface area contributed by atoms with Gasteiger partial charge in [0.05, 0.1) is 12.7 Å². The van der Waals surface area contributed by atoms with Crippen LogP contribution < -0.4 is 10.1 Å². The standard InChI is InChI=1S/C26H24N4O2S/c1-32-22-15-9-8-14-21(22)24-28-29-26(30(24)20-12-6-3-7-13-20)33-23(18-10-4-2-5-11-18)25(31)27-19-16-17-19/h2-15,19,23H,16-17H2,1H3,(H,27,31). The van der Waals surface area contributed by atoms with E-state index in [1.54, 1.807) is 7.11 Å². The molecule has 1 aliphatic carbocycles. The number of aromatic nitrogens is 3. The summed E-state index contributed by atoms with van der Waals surface area (Å²) in [5, 5.41) is 12.4. The van der Waals surface area contributed by atoms with E-state index in [2.05, 4.69) is 15.5 Å². The van der Waals surface area contributed by atoms with Gasteiger partial charge in [-0.1, -0.05) is 72.4 Å². The van der Waals surface area contributed by atoms with Crippen LogP contribution in [0, 0.1) is 0 Å². The van der Waals surface area contributed by atoms with E-state index in [0.29, 0.717) is 16.7 Å². The zero-order valence-corrected chi connectivity index (χ0v) is 19.0. The molecule has 33 heavy (non-hydrogen) atoms. The molecule has 7 heteroatoms. The van der Waals surface area contributed by atoms with Crippen LogP contribution in [-0.2, 0) is 4.79 Å². The molecule has 1 N–H and O–H groups in total. The lowest BCUT2D eigenvalue weighted by Gasteiger charge is -2.18. The Bertz CT molecular complexity index is 1240. The number of thioether (sulfide) groups is 1. The van der Waals surface area contributed by atoms with Gasteiger partial charge in [-0.25, -0.2) is 0 Å². The first-order chi connectivity index (χ1) is 16.2. The molecule has 1 unspecified atom stereocenters. The topological polar surface area (TPSA) is 69.0 Å². The van der Waals surface area contributed by atoms with E-state index in [0.717, 1.165) is 29.7 Å². The summed E-state index contributed by atoms with van der Waals surface area (Å²) in [5.74, 6) is 1.37. The second-order valence-electron chi connectivity index (χ2n) is 7.87. The maximum Gasteiger partial charge on any atom is 0.238 e. The highest BCUT2D eigenvalue weighted by molar-refractivity contribution is 8.00. The van der Waals surface area contributed by atoms with E-state index in [4.69, 9.17) is 4.74 Å². The number of nitrogens with zero attached hydrogens (tertiary/aromatic N) is 3. The van der Waals surface area contributed by atoms with Crippen LogP contribution in [0.2, 0.25) is 0 Å². The van der Waals surface area contributed by atoms with Gasteiger partial charge in [-0.3, -0.25) is 9.36 Å². The summed E-state index contributed by atoms with van der Waals surface area (Å²) in [5.41, 5.74) is 2.68. The van der Waals surface area contributed by atoms with E-state index in [1.165, 1.54) is 11.8 Å². The van der Waals surface area contributed by atoms with Crippen LogP contribution in [0.25, 0.3) is 17.1 Å². The van der Waals surface area contributed by atoms with Gasteiger partial charge in [-0.05, 0) is 42.7 Å². The number of rotatable bonds is 8. The van der Waals surface area contributed by atoms with E-state index in [1.807, 2.05) is 89.5 Å². The Balaban J connectivity index is 1.59. The fraction of sp³-hybridized carbons (Fsp3) is 0.192. The Morgan fingerprint density at radius 3 is 2.33 bits per heavy atom. The van der Waals surface area contributed by atoms with Crippen LogP contribution in [0.1, 0.15) is 23.7 Å². The van der Waals surface area contributed by atoms with Crippen LogP contribution in [0.3, 0.4) is 0 Å². The summed E-state index contributed by atoms with van der Waals surface area (Å²) in [6.07, 6.45) is 2.08. The van der Waals surface area contributed by atoms with Crippen molar-refractivity contribution in [1.82, 2.24) is 20.1 Å². The third-order valence-electron chi connectivity index (χ3n) is 5.48. The molecule has 3 aromatic carbocycles. The molecule has 0 aliphatic heterocycles. The third kappa shape index (κ3) is 4.64. The Hall–Kier alpha value is -3.58. The zero-order chi connectivity index (χ0) is 22.6. The molecule has 1 saturated carbocycles. The number of ether oxygens (including phenoxy) is 1. The monoisotopic (exact) mass is 456 g/mol. The van der Waals surface area contributed by atoms with Gasteiger partial charge < -0.3 is 10.1 Å². The summed E-state index contributed by atoms with van der Waals surface area (Å²) in [6, 6.07) is 27.8. The molecule has 1 heterocycles. The molecule has 0 bridgehead atoms. The van der Waals surface area contributed by atoms with Crippen molar-refractivity contribution in [2.24, 2.45) is 0 Å². The molecule has 0 saturated heterocycles. The van der Waals surface area contributed by atoms with Crippen LogP contribution in [0.15, 0.2) is 90.1 Å². The average molecular weight is 457 g/mol. The Kier molecular flexibility index (Phi) is 6.13. The molecule has 1 amide bonds. The van der Waals surface area contributed by atoms with Crippen LogP contribution in [0.4, 0.5) is 0 Å². The quantitative estimate of drug-likeness (QED) is 0.376. The summed E-state index contributed by atoms with van der Waals surface area (Å²) in [6.45, 7) is 0. The van der Waals surface area contributed by atoms with E-state index in [9.17, 15) is 4.79 Å². The molecule has 0 radical (unpaired) electrons. The molecule has 4 aromatic rings. The Labute approximate surface area is 197 Å². The van der Waals surface area contributed by atoms with Gasteiger partial charge in [0.2, 0.25) is 5.91 Å². The number of methoxy groups -OCH3 is 1. The third-order valence-corrected chi connectivity index (χ3v) is 6.68. The van der Waals surface area contributed by atoms with E-state index < -0.39 is 5.25 Å². The minimum atomic E-state index is -0.441. The van der Waals surface area contributed by atoms with Crippen molar-refractivity contribution in [2.75, 3.05) is 7.11 Å². The van der Waals surface area contributed by atoms with Crippen molar-refractivity contribution in [3.8, 4) is 22.8 Å². The molecular weight excluding hydrogens is 432 g/mol. The van der Waals surface area contributed by atoms with Gasteiger partial charge in [0.15, 0.2) is 11.0 Å². The molecular formula is C26H24N4O2S. The van der Waals surface area contributed by atoms with Gasteiger partial charge in [0.1, 0.15) is 11.0 Å². The summed E-state index contributed by atoms with van der Waals surface area (Å²) < 4.78 is 7.58. The first-order valence-corrected chi connectivity index (χ1v) is 11.8. The van der Waals surface area contributed by atoms with Crippen molar-refractivity contribution in [3.05, 3.63) is 90.5 Å². The molecule has 1 atom stereocenters. The predicted octanol–water partition coefficient (Wildman–Crippen LogP) is 5.05. The number of hydrogen-bond donors (Lipinski definition) is 1. The normalized spacial score (nSPS) is 14.0. The fourth-order valence-corrected chi connectivity index (χ4v) is 4.74.